The van der Waals surface area contributed by atoms with Gasteiger partial charge in [-0.2, -0.15) is 0 Å². The molecule has 15 aromatic carbocycles. The van der Waals surface area contributed by atoms with Crippen molar-refractivity contribution in [3.63, 3.8) is 0 Å². The Hall–Kier alpha value is -10.6. The molecule has 21 rings (SSSR count). The number of imidazole rings is 2. The van der Waals surface area contributed by atoms with Gasteiger partial charge in [0.1, 0.15) is 17.2 Å². The zero-order valence-electron chi connectivity index (χ0n) is 62.9. The number of benzene rings is 15. The van der Waals surface area contributed by atoms with Gasteiger partial charge in [-0.25, -0.2) is 9.97 Å². The molecule has 4 aliphatic heterocycles. The zero-order chi connectivity index (χ0) is 81.6. The molecule has 0 amide bonds. The van der Waals surface area contributed by atoms with Crippen molar-refractivity contribution in [3.8, 4) is 44.8 Å². The van der Waals surface area contributed by atoms with Crippen LogP contribution in [0.1, 0.15) is 58.9 Å². The molecule has 2 aromatic heterocycles. The summed E-state index contributed by atoms with van der Waals surface area (Å²) in [5, 5.41) is 38.3. The van der Waals surface area contributed by atoms with E-state index in [1.165, 1.54) is 141 Å². The van der Waals surface area contributed by atoms with Gasteiger partial charge in [0.25, 0.3) is 17.1 Å². The number of hydrogen-bond acceptors (Lipinski definition) is 14. The molecular formula is C95H66Br4N8O6S5. The number of nitro benzene ring substituents is 3. The van der Waals surface area contributed by atoms with E-state index in [1.807, 2.05) is 59.9 Å². The quantitative estimate of drug-likeness (QED) is 0.0433. The Morgan fingerprint density at radius 1 is 0.390 bits per heavy atom. The number of thiol groups is 1. The van der Waals surface area contributed by atoms with E-state index in [0.29, 0.717) is 16.9 Å². The minimum absolute atomic E-state index is 0.0612. The predicted octanol–water partition coefficient (Wildman–Crippen LogP) is 28.8. The minimum Gasteiger partial charge on any atom is -0.398 e. The number of nitrogens with two attached hydrogens (primary N) is 1. The molecule has 14 nitrogen and oxygen atoms in total. The van der Waals surface area contributed by atoms with Crippen LogP contribution < -0.4 is 5.73 Å². The van der Waals surface area contributed by atoms with Crippen molar-refractivity contribution in [2.45, 2.75) is 90.0 Å². The van der Waals surface area contributed by atoms with Crippen LogP contribution in [-0.2, 0) is 32.1 Å². The van der Waals surface area contributed by atoms with Crippen LogP contribution >= 0.6 is 123 Å². The van der Waals surface area contributed by atoms with E-state index in [2.05, 4.69) is 300 Å². The Morgan fingerprint density at radius 2 is 0.788 bits per heavy atom. The number of aryl methyl sites for hydroxylation is 2. The number of fused-ring (bicyclic) bond motifs is 10. The van der Waals surface area contributed by atoms with E-state index in [-0.39, 0.29) is 34.0 Å². The summed E-state index contributed by atoms with van der Waals surface area (Å²) in [5.74, 6) is 2.24. The summed E-state index contributed by atoms with van der Waals surface area (Å²) in [4.78, 5) is 52.0. The van der Waals surface area contributed by atoms with Gasteiger partial charge in [0, 0.05) is 124 Å². The highest BCUT2D eigenvalue weighted by atomic mass is 79.9. The van der Waals surface area contributed by atoms with Gasteiger partial charge in [-0.15, -0.1) is 12.6 Å². The summed E-state index contributed by atoms with van der Waals surface area (Å²) < 4.78 is 8.70. The summed E-state index contributed by atoms with van der Waals surface area (Å²) in [5.41, 5.74) is 26.5. The second-order valence-electron chi connectivity index (χ2n) is 28.1. The highest BCUT2D eigenvalue weighted by molar-refractivity contribution is 9.11. The van der Waals surface area contributed by atoms with Gasteiger partial charge < -0.3 is 5.73 Å². The van der Waals surface area contributed by atoms with E-state index in [4.69, 9.17) is 15.7 Å². The molecule has 0 spiro atoms. The maximum Gasteiger partial charge on any atom is 0.279 e. The van der Waals surface area contributed by atoms with Gasteiger partial charge in [0.2, 0.25) is 0 Å². The number of anilines is 1. The smallest absolute Gasteiger partial charge is 0.279 e. The molecule has 17 aromatic rings. The van der Waals surface area contributed by atoms with Crippen molar-refractivity contribution >= 4 is 190 Å². The van der Waals surface area contributed by atoms with Gasteiger partial charge in [-0.05, 0) is 211 Å². The number of rotatable bonds is 10. The largest absolute Gasteiger partial charge is 0.398 e. The van der Waals surface area contributed by atoms with E-state index in [0.717, 1.165) is 81.5 Å². The third kappa shape index (κ3) is 16.0. The Balaban J connectivity index is 0.000000114. The molecule has 0 saturated carbocycles. The average Bonchev–Trinajstić information content (AvgIpc) is 0.817. The van der Waals surface area contributed by atoms with Crippen LogP contribution in [0.4, 0.5) is 22.7 Å². The van der Waals surface area contributed by atoms with Crippen molar-refractivity contribution in [1.82, 2.24) is 19.1 Å². The third-order valence-electron chi connectivity index (χ3n) is 21.0. The minimum atomic E-state index is -0.613. The first-order valence-electron chi connectivity index (χ1n) is 37.7. The van der Waals surface area contributed by atoms with E-state index < -0.39 is 9.85 Å². The molecule has 0 fully saturated rings. The summed E-state index contributed by atoms with van der Waals surface area (Å²) in [6, 6.07) is 96.7. The molecule has 0 aliphatic carbocycles. The fourth-order valence-corrected chi connectivity index (χ4v) is 21.7. The fraction of sp³-hybridized carbons (Fsp3) is 0.0737. The number of hydrogen-bond donors (Lipinski definition) is 2. The van der Waals surface area contributed by atoms with Crippen molar-refractivity contribution < 1.29 is 14.8 Å². The molecule has 0 radical (unpaired) electrons. The van der Waals surface area contributed by atoms with Crippen LogP contribution in [0.25, 0.3) is 88.4 Å². The number of para-hydroxylation sites is 2. The number of aromatic nitrogens is 4. The van der Waals surface area contributed by atoms with Crippen molar-refractivity contribution in [1.29, 1.82) is 0 Å². The monoisotopic (exact) mass is 1890 g/mol. The van der Waals surface area contributed by atoms with E-state index in [9.17, 15) is 30.3 Å². The van der Waals surface area contributed by atoms with Crippen LogP contribution in [0, 0.1) is 30.3 Å². The second-order valence-corrected chi connectivity index (χ2v) is 36.6. The number of nitro groups is 3. The van der Waals surface area contributed by atoms with E-state index in [1.54, 1.807) is 53.9 Å². The molecule has 4 aliphatic rings. The first-order valence-corrected chi connectivity index (χ1v) is 44.6. The third-order valence-corrected chi connectivity index (χ3v) is 28.1. The molecule has 0 bridgehead atoms. The zero-order valence-corrected chi connectivity index (χ0v) is 73.4. The maximum atomic E-state index is 11.1. The molecule has 118 heavy (non-hydrogen) atoms. The van der Waals surface area contributed by atoms with E-state index >= 15 is 0 Å². The van der Waals surface area contributed by atoms with Gasteiger partial charge in [-0.3, -0.25) is 39.5 Å². The van der Waals surface area contributed by atoms with Crippen molar-refractivity contribution in [2.24, 2.45) is 0 Å². The molecule has 2 N–H and O–H groups in total. The Morgan fingerprint density at radius 3 is 1.32 bits per heavy atom. The van der Waals surface area contributed by atoms with Crippen LogP contribution in [0.15, 0.2) is 347 Å². The second kappa shape index (κ2) is 34.4. The van der Waals surface area contributed by atoms with Crippen LogP contribution in [-0.4, -0.2) is 33.9 Å². The highest BCUT2D eigenvalue weighted by Crippen LogP contribution is 2.50. The Kier molecular flexibility index (Phi) is 23.3. The number of nitrogens with zero attached hydrogens (tertiary/aromatic N) is 7. The standard InChI is InChI=1S/C41H28N2S.C15H11BrN2S.C13H9BrN2O4S.C13H8BrNO2S.C13H10BrNS/c1-2-38-42-34-17-10-18-37-41(34)43(38)35-25-29(23-24-36(35)44-37)26-19-21-28(22-20-26)40-32-15-8-6-13-30(32)39(27-11-4-3-5-12-27)31-14-7-9-16-33(31)40;1-2-14-17-10-4-3-5-13-15(10)18(14)11-8-9(16)6-7-12(11)19-13;14-9-4-5-13(21)8(6-9)7-10-11(15(17)18)2-1-3-12(10)16(19)20;14-9-4-5-12-8(6-9)7-10-11(15(16)17)2-1-3-13(10)18-12;14-9-4-5-12-8(6-9)7-10-11(15)2-1-3-13(10)16-12/h3-25H,2H2,1H3;3-8H,2H2,1H3;1-6,21H,7H2;1-6H,7H2;1-6H,7,15H2. The van der Waals surface area contributed by atoms with Gasteiger partial charge in [0.05, 0.1) is 48.2 Å². The molecule has 0 atom stereocenters. The molecule has 0 unspecified atom stereocenters. The summed E-state index contributed by atoms with van der Waals surface area (Å²) in [7, 11) is 0. The summed E-state index contributed by atoms with van der Waals surface area (Å²) in [6.07, 6.45) is 3.44. The lowest BCUT2D eigenvalue weighted by atomic mass is 9.86. The first kappa shape index (κ1) is 79.9. The molecule has 0 saturated heterocycles. The van der Waals surface area contributed by atoms with Crippen molar-refractivity contribution in [3.05, 3.63) is 378 Å². The lowest BCUT2D eigenvalue weighted by Gasteiger charge is -2.21. The normalized spacial score (nSPS) is 12.2. The SMILES string of the molecule is CCc1nc2cccc3c2n1-c1cc(-c2ccc(-c4c5ccccc5c(-c5ccccc5)c5ccccc45)cc2)ccc1S3.CCc1nc2cccc3c2n1-c1cc(Br)ccc1S3.Nc1cccc2c1Cc1cc(Br)ccc1S2.O=[N+]([O-])c1cccc([N+](=O)[O-])c1Cc1cc(Br)ccc1S.O=[N+]([O-])c1cccc2c1Cc1cc(Br)ccc1S2. The average molecular weight is 1900 g/mol. The fourth-order valence-electron chi connectivity index (χ4n) is 15.6. The van der Waals surface area contributed by atoms with Crippen LogP contribution in [0.2, 0.25) is 0 Å². The Bertz CT molecular complexity index is 6840. The lowest BCUT2D eigenvalue weighted by molar-refractivity contribution is -0.395. The number of nitrogen functional groups attached to an aromatic ring is 1. The lowest BCUT2D eigenvalue weighted by Crippen LogP contribution is -2.05. The van der Waals surface area contributed by atoms with Crippen LogP contribution in [0.3, 0.4) is 0 Å². The van der Waals surface area contributed by atoms with Crippen LogP contribution in [0.5, 0.6) is 0 Å². The van der Waals surface area contributed by atoms with Crippen molar-refractivity contribution in [2.75, 3.05) is 5.73 Å². The molecule has 580 valence electrons. The van der Waals surface area contributed by atoms with Gasteiger partial charge in [0.15, 0.2) is 0 Å². The van der Waals surface area contributed by atoms with Gasteiger partial charge in [-0.1, -0.05) is 258 Å². The first-order chi connectivity index (χ1) is 57.3. The molecule has 23 heteroatoms. The summed E-state index contributed by atoms with van der Waals surface area (Å²) >= 11 is 25.2. The topological polar surface area (TPSA) is 191 Å². The molecular weight excluding hydrogens is 1830 g/mol. The van der Waals surface area contributed by atoms with Gasteiger partial charge >= 0.3 is 0 Å². The number of halogens is 4. The maximum absolute atomic E-state index is 11.1. The molecule has 6 heterocycles. The summed E-state index contributed by atoms with van der Waals surface area (Å²) in [6.45, 7) is 4.35. The Labute approximate surface area is 735 Å². The highest BCUT2D eigenvalue weighted by Gasteiger charge is 2.30. The predicted molar refractivity (Wildman–Crippen MR) is 498 cm³/mol.